The maximum absolute atomic E-state index is 11.3. The highest BCUT2D eigenvalue weighted by Crippen LogP contribution is 2.51. The first kappa shape index (κ1) is 13.5. The van der Waals surface area contributed by atoms with Crippen LogP contribution in [0.1, 0.15) is 18.1 Å². The van der Waals surface area contributed by atoms with Crippen molar-refractivity contribution < 1.29 is 23.9 Å². The van der Waals surface area contributed by atoms with Gasteiger partial charge < -0.3 is 14.5 Å². The molecule has 0 radical (unpaired) electrons. The molecule has 0 spiro atoms. The fraction of sp³-hybridized carbons (Fsp3) is 0.455. The van der Waals surface area contributed by atoms with Crippen LogP contribution in [-0.4, -0.2) is 34.8 Å². The molecule has 1 saturated heterocycles. The van der Waals surface area contributed by atoms with E-state index in [1.165, 1.54) is 12.1 Å². The van der Waals surface area contributed by atoms with E-state index in [-0.39, 0.29) is 12.5 Å². The van der Waals surface area contributed by atoms with E-state index in [9.17, 15) is 14.4 Å². The highest BCUT2D eigenvalue weighted by Gasteiger charge is 2.42. The molecule has 1 heterocycles. The molecule has 0 aliphatic carbocycles. The molecule has 2 rings (SSSR count). The van der Waals surface area contributed by atoms with Crippen LogP contribution in [0.25, 0.3) is 0 Å². The number of benzene rings is 1. The van der Waals surface area contributed by atoms with Crippen LogP contribution in [-0.2, 0) is 9.40 Å². The Labute approximate surface area is 105 Å². The standard InChI is InChI=1S/C11H16NO5P/c1-12-11(18(13,14)15)7-10(17-12)8-3-5-9(16-2)6-4-8/h3-6,10-11H,7H2,1-2H3,(H2,13,14,15)/t10-,11+/m0/s1. The lowest BCUT2D eigenvalue weighted by molar-refractivity contribution is -0.136. The topological polar surface area (TPSA) is 79.2 Å². The molecule has 0 amide bonds. The number of methoxy groups -OCH3 is 1. The van der Waals surface area contributed by atoms with Crippen LogP contribution in [0.5, 0.6) is 5.75 Å². The largest absolute Gasteiger partial charge is 0.497 e. The molecule has 18 heavy (non-hydrogen) atoms. The molecule has 100 valence electrons. The number of hydroxylamine groups is 2. The minimum absolute atomic E-state index is 0.271. The zero-order valence-corrected chi connectivity index (χ0v) is 11.1. The summed E-state index contributed by atoms with van der Waals surface area (Å²) >= 11 is 0. The van der Waals surface area contributed by atoms with Gasteiger partial charge in [0.15, 0.2) is 0 Å². The lowest BCUT2D eigenvalue weighted by Gasteiger charge is -2.17. The summed E-state index contributed by atoms with van der Waals surface area (Å²) in [4.78, 5) is 23.9. The van der Waals surface area contributed by atoms with Crippen LogP contribution in [0.2, 0.25) is 0 Å². The van der Waals surface area contributed by atoms with E-state index in [1.807, 2.05) is 12.1 Å². The first-order valence-corrected chi connectivity index (χ1v) is 7.18. The van der Waals surface area contributed by atoms with Crippen LogP contribution >= 0.6 is 7.60 Å². The first-order chi connectivity index (χ1) is 8.41. The summed E-state index contributed by atoms with van der Waals surface area (Å²) < 4.78 is 16.3. The molecule has 7 heteroatoms. The molecular weight excluding hydrogens is 257 g/mol. The van der Waals surface area contributed by atoms with Crippen molar-refractivity contribution in [2.45, 2.75) is 18.3 Å². The normalized spacial score (nSPS) is 25.3. The van der Waals surface area contributed by atoms with Gasteiger partial charge in [0.25, 0.3) is 0 Å². The molecule has 1 aliphatic rings. The van der Waals surface area contributed by atoms with Crippen LogP contribution < -0.4 is 4.74 Å². The zero-order chi connectivity index (χ0) is 13.3. The molecule has 0 unspecified atom stereocenters. The second-order valence-corrected chi connectivity index (χ2v) is 5.99. The van der Waals surface area contributed by atoms with E-state index in [1.54, 1.807) is 19.2 Å². The van der Waals surface area contributed by atoms with Gasteiger partial charge >= 0.3 is 7.60 Å². The molecule has 2 atom stereocenters. The third-order valence-electron chi connectivity index (χ3n) is 3.01. The molecule has 6 nitrogen and oxygen atoms in total. The van der Waals surface area contributed by atoms with E-state index in [2.05, 4.69) is 0 Å². The zero-order valence-electron chi connectivity index (χ0n) is 10.2. The van der Waals surface area contributed by atoms with Crippen LogP contribution in [0.4, 0.5) is 0 Å². The van der Waals surface area contributed by atoms with Gasteiger partial charge in [-0.25, -0.2) is 0 Å². The Morgan fingerprint density at radius 3 is 2.44 bits per heavy atom. The lowest BCUT2D eigenvalue weighted by atomic mass is 10.1. The summed E-state index contributed by atoms with van der Waals surface area (Å²) in [6.07, 6.45) is -0.0638. The Kier molecular flexibility index (Phi) is 3.75. The maximum Gasteiger partial charge on any atom is 0.345 e. The van der Waals surface area contributed by atoms with Crippen molar-refractivity contribution in [2.24, 2.45) is 0 Å². The fourth-order valence-corrected chi connectivity index (χ4v) is 2.96. The second kappa shape index (κ2) is 4.99. The van der Waals surface area contributed by atoms with Gasteiger partial charge in [-0.1, -0.05) is 12.1 Å². The van der Waals surface area contributed by atoms with E-state index in [4.69, 9.17) is 9.57 Å². The Morgan fingerprint density at radius 1 is 1.39 bits per heavy atom. The molecule has 1 aromatic carbocycles. The Bertz CT molecular complexity index is 457. The predicted octanol–water partition coefficient (Wildman–Crippen LogP) is 1.51. The number of rotatable bonds is 3. The highest BCUT2D eigenvalue weighted by atomic mass is 31.2. The van der Waals surface area contributed by atoms with Crippen molar-refractivity contribution in [2.75, 3.05) is 14.2 Å². The molecule has 1 fully saturated rings. The van der Waals surface area contributed by atoms with Gasteiger partial charge in [-0.3, -0.25) is 9.40 Å². The highest BCUT2D eigenvalue weighted by molar-refractivity contribution is 7.52. The van der Waals surface area contributed by atoms with E-state index >= 15 is 0 Å². The molecule has 0 bridgehead atoms. The van der Waals surface area contributed by atoms with Crippen molar-refractivity contribution in [1.82, 2.24) is 5.06 Å². The number of ether oxygens (including phenoxy) is 1. The summed E-state index contributed by atoms with van der Waals surface area (Å²) in [6.45, 7) is 0. The molecule has 0 aromatic heterocycles. The van der Waals surface area contributed by atoms with Crippen molar-refractivity contribution in [3.63, 3.8) is 0 Å². The summed E-state index contributed by atoms with van der Waals surface area (Å²) in [5.74, 6) is -0.152. The van der Waals surface area contributed by atoms with Crippen LogP contribution in [0.15, 0.2) is 24.3 Å². The monoisotopic (exact) mass is 273 g/mol. The van der Waals surface area contributed by atoms with Gasteiger partial charge in [-0.2, -0.15) is 5.06 Å². The van der Waals surface area contributed by atoms with Gasteiger partial charge in [0.05, 0.1) is 7.11 Å². The van der Waals surface area contributed by atoms with Gasteiger partial charge in [0, 0.05) is 13.5 Å². The third-order valence-corrected chi connectivity index (χ3v) is 4.33. The van der Waals surface area contributed by atoms with Crippen molar-refractivity contribution >= 4 is 7.60 Å². The maximum atomic E-state index is 11.3. The van der Waals surface area contributed by atoms with E-state index in [0.29, 0.717) is 0 Å². The Hall–Kier alpha value is -0.910. The SMILES string of the molecule is COc1ccc([C@@H]2C[C@@H](P(=O)(O)O)N(C)O2)cc1. The summed E-state index contributed by atoms with van der Waals surface area (Å²) in [5.41, 5.74) is 0.874. The fourth-order valence-electron chi connectivity index (χ4n) is 2.02. The van der Waals surface area contributed by atoms with E-state index < -0.39 is 13.4 Å². The van der Waals surface area contributed by atoms with Gasteiger partial charge in [-0.15, -0.1) is 0 Å². The quantitative estimate of drug-likeness (QED) is 0.813. The predicted molar refractivity (Wildman–Crippen MR) is 65.0 cm³/mol. The average molecular weight is 273 g/mol. The van der Waals surface area contributed by atoms with Crippen molar-refractivity contribution in [1.29, 1.82) is 0 Å². The Balaban J connectivity index is 2.14. The van der Waals surface area contributed by atoms with Crippen molar-refractivity contribution in [3.8, 4) is 5.75 Å². The molecule has 2 N–H and O–H groups in total. The first-order valence-electron chi connectivity index (χ1n) is 5.50. The molecule has 0 saturated carbocycles. The smallest absolute Gasteiger partial charge is 0.345 e. The molecular formula is C11H16NO5P. The lowest BCUT2D eigenvalue weighted by Crippen LogP contribution is -2.23. The minimum atomic E-state index is -4.17. The van der Waals surface area contributed by atoms with Gasteiger partial charge in [0.1, 0.15) is 17.6 Å². The van der Waals surface area contributed by atoms with Crippen LogP contribution in [0.3, 0.4) is 0 Å². The number of hydrogen-bond donors (Lipinski definition) is 2. The number of hydrogen-bond acceptors (Lipinski definition) is 4. The average Bonchev–Trinajstić information content (AvgIpc) is 2.71. The second-order valence-electron chi connectivity index (χ2n) is 4.22. The van der Waals surface area contributed by atoms with E-state index in [0.717, 1.165) is 11.3 Å². The Morgan fingerprint density at radius 2 is 2.00 bits per heavy atom. The minimum Gasteiger partial charge on any atom is -0.497 e. The third kappa shape index (κ3) is 2.74. The van der Waals surface area contributed by atoms with Gasteiger partial charge in [0.2, 0.25) is 0 Å². The van der Waals surface area contributed by atoms with Crippen molar-refractivity contribution in [3.05, 3.63) is 29.8 Å². The summed E-state index contributed by atoms with van der Waals surface area (Å²) in [7, 11) is -1.05. The molecule has 1 aliphatic heterocycles. The molecule has 1 aromatic rings. The summed E-state index contributed by atoms with van der Waals surface area (Å²) in [6, 6.07) is 7.26. The summed E-state index contributed by atoms with van der Waals surface area (Å²) in [5, 5.41) is 1.25. The number of nitrogens with zero attached hydrogens (tertiary/aromatic N) is 1. The van der Waals surface area contributed by atoms with Gasteiger partial charge in [-0.05, 0) is 17.7 Å². The van der Waals surface area contributed by atoms with Crippen LogP contribution in [0, 0.1) is 0 Å².